The van der Waals surface area contributed by atoms with Gasteiger partial charge in [0.1, 0.15) is 11.0 Å². The highest BCUT2D eigenvalue weighted by atomic mass is 35.5. The number of aromatic amines is 1. The zero-order valence-corrected chi connectivity index (χ0v) is 10.8. The summed E-state index contributed by atoms with van der Waals surface area (Å²) in [6.45, 7) is 0. The number of carbonyl (C=O) groups excluding carboxylic acids is 1. The molecule has 100 valence electrons. The Kier molecular flexibility index (Phi) is 3.08. The van der Waals surface area contributed by atoms with Gasteiger partial charge in [-0.3, -0.25) is 9.89 Å². The van der Waals surface area contributed by atoms with Crippen LogP contribution in [0, 0.1) is 5.82 Å². The molecule has 3 aromatic rings. The van der Waals surface area contributed by atoms with Crippen LogP contribution in [-0.4, -0.2) is 21.1 Å². The van der Waals surface area contributed by atoms with Gasteiger partial charge < -0.3 is 5.32 Å². The summed E-state index contributed by atoms with van der Waals surface area (Å²) >= 11 is 5.78. The van der Waals surface area contributed by atoms with Crippen molar-refractivity contribution in [1.29, 1.82) is 0 Å². The fourth-order valence-corrected chi connectivity index (χ4v) is 1.98. The van der Waals surface area contributed by atoms with Crippen molar-refractivity contribution >= 4 is 34.1 Å². The highest BCUT2D eigenvalue weighted by Crippen LogP contribution is 2.19. The van der Waals surface area contributed by atoms with E-state index in [1.807, 2.05) is 0 Å². The van der Waals surface area contributed by atoms with E-state index in [1.54, 1.807) is 24.4 Å². The van der Waals surface area contributed by atoms with Gasteiger partial charge in [-0.15, -0.1) is 0 Å². The van der Waals surface area contributed by atoms with Gasteiger partial charge in [-0.25, -0.2) is 9.37 Å². The smallest absolute Gasteiger partial charge is 0.258 e. The van der Waals surface area contributed by atoms with Gasteiger partial charge in [-0.1, -0.05) is 11.6 Å². The standard InChI is InChI=1S/C13H8ClFN4O/c14-12-10(3-8(15)6-16-12)13(20)18-9-2-1-7-5-17-19-11(7)4-9/h1-6H,(H,17,19)(H,18,20). The first kappa shape index (κ1) is 12.6. The topological polar surface area (TPSA) is 70.7 Å². The van der Waals surface area contributed by atoms with E-state index in [-0.39, 0.29) is 10.7 Å². The first-order valence-corrected chi connectivity index (χ1v) is 6.07. The molecule has 1 aromatic carbocycles. The molecule has 7 heteroatoms. The van der Waals surface area contributed by atoms with Gasteiger partial charge in [0.2, 0.25) is 0 Å². The number of fused-ring (bicyclic) bond motifs is 1. The quantitative estimate of drug-likeness (QED) is 0.713. The lowest BCUT2D eigenvalue weighted by atomic mass is 10.2. The molecule has 1 amide bonds. The Morgan fingerprint density at radius 3 is 3.00 bits per heavy atom. The van der Waals surface area contributed by atoms with Crippen LogP contribution in [0.3, 0.4) is 0 Å². The molecule has 0 aliphatic rings. The second-order valence-corrected chi connectivity index (χ2v) is 4.48. The van der Waals surface area contributed by atoms with E-state index in [9.17, 15) is 9.18 Å². The summed E-state index contributed by atoms with van der Waals surface area (Å²) < 4.78 is 13.1. The van der Waals surface area contributed by atoms with Gasteiger partial charge in [0.15, 0.2) is 0 Å². The van der Waals surface area contributed by atoms with Crippen LogP contribution in [0.15, 0.2) is 36.7 Å². The van der Waals surface area contributed by atoms with Crippen molar-refractivity contribution in [2.75, 3.05) is 5.32 Å². The minimum absolute atomic E-state index is 0.0172. The predicted octanol–water partition coefficient (Wildman–Crippen LogP) is 3.00. The molecule has 0 bridgehead atoms. The van der Waals surface area contributed by atoms with Gasteiger partial charge in [0.25, 0.3) is 5.91 Å². The van der Waals surface area contributed by atoms with Crippen molar-refractivity contribution in [3.63, 3.8) is 0 Å². The molecule has 20 heavy (non-hydrogen) atoms. The molecule has 3 rings (SSSR count). The number of rotatable bonds is 2. The number of hydrogen-bond acceptors (Lipinski definition) is 3. The lowest BCUT2D eigenvalue weighted by molar-refractivity contribution is 0.102. The average Bonchev–Trinajstić information content (AvgIpc) is 2.89. The molecule has 0 aliphatic heterocycles. The molecule has 0 unspecified atom stereocenters. The van der Waals surface area contributed by atoms with E-state index in [4.69, 9.17) is 11.6 Å². The van der Waals surface area contributed by atoms with Crippen LogP contribution in [0.5, 0.6) is 0 Å². The molecule has 0 aliphatic carbocycles. The Morgan fingerprint density at radius 1 is 1.30 bits per heavy atom. The summed E-state index contributed by atoms with van der Waals surface area (Å²) in [5.41, 5.74) is 1.31. The van der Waals surface area contributed by atoms with E-state index in [0.29, 0.717) is 5.69 Å². The maximum absolute atomic E-state index is 13.1. The first-order chi connectivity index (χ1) is 9.63. The number of amides is 1. The van der Waals surface area contributed by atoms with Gasteiger partial charge in [0, 0.05) is 11.1 Å². The number of anilines is 1. The van der Waals surface area contributed by atoms with Crippen molar-refractivity contribution in [3.05, 3.63) is 53.2 Å². The molecule has 2 heterocycles. The zero-order chi connectivity index (χ0) is 14.1. The highest BCUT2D eigenvalue weighted by Gasteiger charge is 2.13. The van der Waals surface area contributed by atoms with Gasteiger partial charge in [0.05, 0.1) is 23.5 Å². The van der Waals surface area contributed by atoms with Crippen LogP contribution in [0.2, 0.25) is 5.15 Å². The Labute approximate surface area is 117 Å². The number of aromatic nitrogens is 3. The fourth-order valence-electron chi connectivity index (χ4n) is 1.80. The third-order valence-electron chi connectivity index (χ3n) is 2.75. The Morgan fingerprint density at radius 2 is 2.15 bits per heavy atom. The summed E-state index contributed by atoms with van der Waals surface area (Å²) in [7, 11) is 0. The molecule has 0 atom stereocenters. The second-order valence-electron chi connectivity index (χ2n) is 4.12. The average molecular weight is 291 g/mol. The van der Waals surface area contributed by atoms with Crippen molar-refractivity contribution in [3.8, 4) is 0 Å². The molecule has 2 N–H and O–H groups in total. The summed E-state index contributed by atoms with van der Waals surface area (Å²) in [6, 6.07) is 6.29. The molecule has 0 radical (unpaired) electrons. The van der Waals surface area contributed by atoms with Gasteiger partial charge in [-0.05, 0) is 24.3 Å². The maximum Gasteiger partial charge on any atom is 0.258 e. The van der Waals surface area contributed by atoms with E-state index in [2.05, 4.69) is 20.5 Å². The summed E-state index contributed by atoms with van der Waals surface area (Å²) in [5.74, 6) is -1.15. The zero-order valence-electron chi connectivity index (χ0n) is 10.0. The molecule has 0 spiro atoms. The first-order valence-electron chi connectivity index (χ1n) is 5.69. The van der Waals surface area contributed by atoms with Crippen molar-refractivity contribution in [2.24, 2.45) is 0 Å². The largest absolute Gasteiger partial charge is 0.322 e. The number of carbonyl (C=O) groups is 1. The summed E-state index contributed by atoms with van der Waals surface area (Å²) in [5, 5.41) is 10.2. The van der Waals surface area contributed by atoms with Crippen LogP contribution >= 0.6 is 11.6 Å². The highest BCUT2D eigenvalue weighted by molar-refractivity contribution is 6.33. The van der Waals surface area contributed by atoms with E-state index >= 15 is 0 Å². The molecule has 0 saturated carbocycles. The summed E-state index contributed by atoms with van der Waals surface area (Å²) in [6.07, 6.45) is 2.63. The molecule has 2 aromatic heterocycles. The molecule has 0 saturated heterocycles. The number of nitrogens with one attached hydrogen (secondary N) is 2. The maximum atomic E-state index is 13.1. The number of pyridine rings is 1. The van der Waals surface area contributed by atoms with Crippen molar-refractivity contribution in [2.45, 2.75) is 0 Å². The number of hydrogen-bond donors (Lipinski definition) is 2. The number of halogens is 2. The van der Waals surface area contributed by atoms with Gasteiger partial charge >= 0.3 is 0 Å². The second kappa shape index (κ2) is 4.90. The summed E-state index contributed by atoms with van der Waals surface area (Å²) in [4.78, 5) is 15.6. The number of H-pyrrole nitrogens is 1. The predicted molar refractivity (Wildman–Crippen MR) is 73.3 cm³/mol. The van der Waals surface area contributed by atoms with Crippen LogP contribution in [0.25, 0.3) is 10.9 Å². The lowest BCUT2D eigenvalue weighted by Gasteiger charge is -2.06. The molecular weight excluding hydrogens is 283 g/mol. The van der Waals surface area contributed by atoms with Gasteiger partial charge in [-0.2, -0.15) is 5.10 Å². The molecule has 0 fully saturated rings. The van der Waals surface area contributed by atoms with Crippen molar-refractivity contribution < 1.29 is 9.18 Å². The normalized spacial score (nSPS) is 10.7. The lowest BCUT2D eigenvalue weighted by Crippen LogP contribution is -2.13. The Hall–Kier alpha value is -2.47. The van der Waals surface area contributed by atoms with Crippen molar-refractivity contribution in [1.82, 2.24) is 15.2 Å². The van der Waals surface area contributed by atoms with Crippen LogP contribution < -0.4 is 5.32 Å². The SMILES string of the molecule is O=C(Nc1ccc2cn[nH]c2c1)c1cc(F)cnc1Cl. The monoisotopic (exact) mass is 290 g/mol. The number of nitrogens with zero attached hydrogens (tertiary/aromatic N) is 2. The van der Waals surface area contributed by atoms with E-state index < -0.39 is 11.7 Å². The van der Waals surface area contributed by atoms with Crippen LogP contribution in [0.1, 0.15) is 10.4 Å². The fraction of sp³-hybridized carbons (Fsp3) is 0. The molecule has 5 nitrogen and oxygen atoms in total. The Balaban J connectivity index is 1.89. The van der Waals surface area contributed by atoms with Crippen LogP contribution in [-0.2, 0) is 0 Å². The third-order valence-corrected chi connectivity index (χ3v) is 3.05. The minimum atomic E-state index is -0.622. The van der Waals surface area contributed by atoms with E-state index in [1.165, 1.54) is 0 Å². The Bertz CT molecular complexity index is 802. The van der Waals surface area contributed by atoms with Crippen LogP contribution in [0.4, 0.5) is 10.1 Å². The van der Waals surface area contributed by atoms with E-state index in [0.717, 1.165) is 23.2 Å². The third kappa shape index (κ3) is 2.33. The minimum Gasteiger partial charge on any atom is -0.322 e. The molecular formula is C13H8ClFN4O. The number of benzene rings is 1.